The fourth-order valence-corrected chi connectivity index (χ4v) is 1.72. The number of halogens is 1. The highest BCUT2D eigenvalue weighted by molar-refractivity contribution is 5.03. The van der Waals surface area contributed by atoms with Gasteiger partial charge >= 0.3 is 0 Å². The number of nitrogens with zero attached hydrogens (tertiary/aromatic N) is 2. The Morgan fingerprint density at radius 1 is 1.14 bits per heavy atom. The zero-order chi connectivity index (χ0) is 10.2. The molecular formula is C11H21IN2. The quantitative estimate of drug-likeness (QED) is 0.517. The van der Waals surface area contributed by atoms with E-state index in [0.29, 0.717) is 12.1 Å². The number of rotatable bonds is 2. The fraction of sp³-hybridized carbons (Fsp3) is 0.727. The van der Waals surface area contributed by atoms with Crippen molar-refractivity contribution < 1.29 is 28.5 Å². The molecule has 1 aromatic rings. The van der Waals surface area contributed by atoms with Gasteiger partial charge in [-0.1, -0.05) is 0 Å². The predicted octanol–water partition coefficient (Wildman–Crippen LogP) is -0.442. The Labute approximate surface area is 104 Å². The van der Waals surface area contributed by atoms with Crippen LogP contribution in [-0.4, -0.2) is 4.57 Å². The van der Waals surface area contributed by atoms with Crippen molar-refractivity contribution in [3.8, 4) is 0 Å². The molecule has 0 bridgehead atoms. The van der Waals surface area contributed by atoms with E-state index >= 15 is 0 Å². The van der Waals surface area contributed by atoms with Crippen molar-refractivity contribution in [2.45, 2.75) is 53.6 Å². The van der Waals surface area contributed by atoms with Crippen LogP contribution in [0.5, 0.6) is 0 Å². The fourth-order valence-electron chi connectivity index (χ4n) is 1.72. The minimum Gasteiger partial charge on any atom is -1.00 e. The van der Waals surface area contributed by atoms with Gasteiger partial charge in [-0.05, 0) is 27.7 Å². The van der Waals surface area contributed by atoms with Gasteiger partial charge in [-0.15, -0.1) is 0 Å². The van der Waals surface area contributed by atoms with Gasteiger partial charge in [0.25, 0.3) is 0 Å². The highest BCUT2D eigenvalue weighted by Gasteiger charge is 2.19. The number of hydrogen-bond donors (Lipinski definition) is 0. The maximum absolute atomic E-state index is 2.33. The van der Waals surface area contributed by atoms with Gasteiger partial charge in [0, 0.05) is 13.8 Å². The first-order valence-corrected chi connectivity index (χ1v) is 5.04. The van der Waals surface area contributed by atoms with E-state index in [1.807, 2.05) is 0 Å². The summed E-state index contributed by atoms with van der Waals surface area (Å²) in [4.78, 5) is 0. The van der Waals surface area contributed by atoms with Gasteiger partial charge in [0.05, 0.1) is 12.1 Å². The molecule has 0 fully saturated rings. The third-order valence-corrected chi connectivity index (χ3v) is 2.66. The number of hydrogen-bond acceptors (Lipinski definition) is 0. The van der Waals surface area contributed by atoms with E-state index in [9.17, 15) is 0 Å². The Hall–Kier alpha value is -0.0600. The van der Waals surface area contributed by atoms with E-state index in [-0.39, 0.29) is 24.0 Å². The van der Waals surface area contributed by atoms with E-state index in [1.54, 1.807) is 0 Å². The van der Waals surface area contributed by atoms with Crippen LogP contribution in [0.1, 0.15) is 51.2 Å². The Bertz CT molecular complexity index is 272. The van der Waals surface area contributed by atoms with Gasteiger partial charge in [0.2, 0.25) is 6.33 Å². The summed E-state index contributed by atoms with van der Waals surface area (Å²) in [5.74, 6) is 0. The van der Waals surface area contributed by atoms with Gasteiger partial charge in [-0.3, -0.25) is 0 Å². The summed E-state index contributed by atoms with van der Waals surface area (Å²) in [6.45, 7) is 13.3. The zero-order valence-electron chi connectivity index (χ0n) is 10.0. The minimum absolute atomic E-state index is 0. The van der Waals surface area contributed by atoms with Crippen LogP contribution in [0.4, 0.5) is 0 Å². The van der Waals surface area contributed by atoms with Gasteiger partial charge in [0.1, 0.15) is 11.4 Å². The lowest BCUT2D eigenvalue weighted by atomic mass is 10.3. The van der Waals surface area contributed by atoms with Gasteiger partial charge in [-0.25, -0.2) is 9.13 Å². The monoisotopic (exact) mass is 308 g/mol. The summed E-state index contributed by atoms with van der Waals surface area (Å²) in [5, 5.41) is 0. The molecule has 1 heterocycles. The van der Waals surface area contributed by atoms with Crippen LogP contribution in [0, 0.1) is 13.8 Å². The lowest BCUT2D eigenvalue weighted by Gasteiger charge is -2.01. The van der Waals surface area contributed by atoms with Crippen molar-refractivity contribution in [2.75, 3.05) is 0 Å². The van der Waals surface area contributed by atoms with Crippen LogP contribution in [0.15, 0.2) is 6.33 Å². The summed E-state index contributed by atoms with van der Waals surface area (Å²) < 4.78 is 4.66. The van der Waals surface area contributed by atoms with Crippen LogP contribution in [0.3, 0.4) is 0 Å². The van der Waals surface area contributed by atoms with Crippen LogP contribution in [-0.2, 0) is 0 Å². The second-order valence-electron chi connectivity index (χ2n) is 4.29. The molecule has 0 N–H and O–H groups in total. The SMILES string of the molecule is Cc1c(C)[n+](C(C)C)cn1C(C)C.[I-]. The van der Waals surface area contributed by atoms with Crippen molar-refractivity contribution in [1.82, 2.24) is 4.57 Å². The largest absolute Gasteiger partial charge is 1.00 e. The standard InChI is InChI=1S/C11H21N2.HI/c1-8(2)12-7-13(9(3)4)11(6)10(12)5;/h7-9H,1-6H3;1H/q+1;/p-1. The Morgan fingerprint density at radius 2 is 1.64 bits per heavy atom. The highest BCUT2D eigenvalue weighted by atomic mass is 127. The maximum Gasteiger partial charge on any atom is 0.244 e. The highest BCUT2D eigenvalue weighted by Crippen LogP contribution is 2.12. The third kappa shape index (κ3) is 2.49. The van der Waals surface area contributed by atoms with E-state index in [1.165, 1.54) is 11.4 Å². The van der Waals surface area contributed by atoms with E-state index in [4.69, 9.17) is 0 Å². The first kappa shape index (κ1) is 13.9. The van der Waals surface area contributed by atoms with E-state index in [2.05, 4.69) is 57.0 Å². The first-order chi connectivity index (χ1) is 5.95. The molecule has 0 aliphatic rings. The van der Waals surface area contributed by atoms with Crippen LogP contribution in [0.25, 0.3) is 0 Å². The lowest BCUT2D eigenvalue weighted by Crippen LogP contribution is -3.00. The van der Waals surface area contributed by atoms with Gasteiger partial charge in [-0.2, -0.15) is 0 Å². The van der Waals surface area contributed by atoms with Crippen LogP contribution in [0.2, 0.25) is 0 Å². The van der Waals surface area contributed by atoms with E-state index < -0.39 is 0 Å². The third-order valence-electron chi connectivity index (χ3n) is 2.66. The average molecular weight is 308 g/mol. The number of aromatic nitrogens is 2. The number of imidazole rings is 1. The van der Waals surface area contributed by atoms with E-state index in [0.717, 1.165) is 0 Å². The molecule has 0 saturated heterocycles. The average Bonchev–Trinajstić information content (AvgIpc) is 2.29. The molecule has 0 saturated carbocycles. The maximum atomic E-state index is 2.33. The molecule has 82 valence electrons. The Balaban J connectivity index is 0.00000169. The van der Waals surface area contributed by atoms with Gasteiger partial charge in [0.15, 0.2) is 0 Å². The second kappa shape index (κ2) is 5.14. The lowest BCUT2D eigenvalue weighted by molar-refractivity contribution is -0.721. The smallest absolute Gasteiger partial charge is 0.244 e. The molecule has 1 rings (SSSR count). The molecule has 0 amide bonds. The molecule has 0 aliphatic carbocycles. The van der Waals surface area contributed by atoms with Crippen molar-refractivity contribution in [3.05, 3.63) is 17.7 Å². The summed E-state index contributed by atoms with van der Waals surface area (Å²) in [6, 6.07) is 1.11. The summed E-state index contributed by atoms with van der Waals surface area (Å²) in [6.07, 6.45) is 2.22. The molecule has 2 nitrogen and oxygen atoms in total. The van der Waals surface area contributed by atoms with Crippen molar-refractivity contribution in [2.24, 2.45) is 0 Å². The Morgan fingerprint density at radius 3 is 1.86 bits per heavy atom. The summed E-state index contributed by atoms with van der Waals surface area (Å²) in [5.41, 5.74) is 2.76. The van der Waals surface area contributed by atoms with Crippen LogP contribution >= 0.6 is 0 Å². The molecule has 3 heteroatoms. The van der Waals surface area contributed by atoms with Crippen molar-refractivity contribution >= 4 is 0 Å². The van der Waals surface area contributed by atoms with Crippen LogP contribution < -0.4 is 28.5 Å². The molecule has 0 unspecified atom stereocenters. The zero-order valence-corrected chi connectivity index (χ0v) is 12.2. The molecule has 0 atom stereocenters. The minimum atomic E-state index is 0. The topological polar surface area (TPSA) is 8.81 Å². The second-order valence-corrected chi connectivity index (χ2v) is 4.29. The molecule has 1 aromatic heterocycles. The summed E-state index contributed by atoms with van der Waals surface area (Å²) in [7, 11) is 0. The van der Waals surface area contributed by atoms with Crippen molar-refractivity contribution in [3.63, 3.8) is 0 Å². The molecular weight excluding hydrogens is 287 g/mol. The van der Waals surface area contributed by atoms with Crippen molar-refractivity contribution in [1.29, 1.82) is 0 Å². The Kier molecular flexibility index (Phi) is 5.12. The molecule has 14 heavy (non-hydrogen) atoms. The molecule has 0 aliphatic heterocycles. The molecule has 0 spiro atoms. The predicted molar refractivity (Wildman–Crippen MR) is 54.9 cm³/mol. The van der Waals surface area contributed by atoms with Gasteiger partial charge < -0.3 is 24.0 Å². The molecule has 0 radical (unpaired) electrons. The normalized spacial score (nSPS) is 10.9. The molecule has 0 aromatic carbocycles. The summed E-state index contributed by atoms with van der Waals surface area (Å²) >= 11 is 0. The first-order valence-electron chi connectivity index (χ1n) is 5.04.